The van der Waals surface area contributed by atoms with Crippen LogP contribution in [0, 0.1) is 0 Å². The molecular weight excluding hydrogens is 1180 g/mol. The molecule has 9 unspecified atom stereocenters. The van der Waals surface area contributed by atoms with Crippen LogP contribution in [-0.2, 0) is 47.4 Å². The molecule has 0 spiro atoms. The van der Waals surface area contributed by atoms with Gasteiger partial charge in [-0.05, 0) is 49.8 Å². The Morgan fingerprint density at radius 2 is 1.15 bits per heavy atom. The van der Waals surface area contributed by atoms with Crippen molar-refractivity contribution in [3.63, 3.8) is 0 Å². The third-order valence-electron chi connectivity index (χ3n) is 15.3. The van der Waals surface area contributed by atoms with E-state index < -0.39 is 235 Å². The first-order valence-corrected chi connectivity index (χ1v) is 27.0. The minimum Gasteiger partial charge on any atom is -0.508 e. The molecule has 6 aliphatic heterocycles. The average molecular weight is 1240 g/mol. The van der Waals surface area contributed by atoms with Gasteiger partial charge in [0.2, 0.25) is 36.3 Å². The Labute approximate surface area is 489 Å². The summed E-state index contributed by atoms with van der Waals surface area (Å²) < 4.78 is 79.8. The minimum absolute atomic E-state index is 0.0128. The van der Waals surface area contributed by atoms with Crippen molar-refractivity contribution >= 4 is 23.0 Å². The first-order chi connectivity index (χ1) is 41.3. The van der Waals surface area contributed by atoms with Crippen LogP contribution in [0.25, 0.3) is 28.4 Å². The van der Waals surface area contributed by atoms with E-state index in [2.05, 4.69) is 0 Å². The van der Waals surface area contributed by atoms with Gasteiger partial charge >= 0.3 is 5.97 Å². The van der Waals surface area contributed by atoms with Crippen LogP contribution in [0.1, 0.15) is 19.4 Å². The van der Waals surface area contributed by atoms with E-state index in [-0.39, 0.29) is 6.79 Å². The van der Waals surface area contributed by atoms with Crippen molar-refractivity contribution < 1.29 is 158 Å². The Bertz CT molecular complexity index is 3150. The molecule has 0 amide bonds. The SMILES string of the molecule is CC1O[C@@H](O[C@@H]2CO[C@@H](Oc3c(O)cc(-c4oc5cc(O)cc(O)c5c(=O)c4O[C@@H]4OC(C)[C@H](O)[C@H](O)C4O[C@@H]4OC(COC(=O)C=Cc5ccc6c(c5)OCO6)[C@@H](O)[C@@H](O)C4O[C@@H]4OC(CO)[C@@H](O)[C@@H](O)C4O)cc3O)C(O)[C@@H]2O)C(O)[C@@H](O)[C@H]1O. The molecule has 5 saturated heterocycles. The number of phenolic OH excluding ortho intramolecular Hbond substituents is 4. The molecule has 0 saturated carbocycles. The highest BCUT2D eigenvalue weighted by Gasteiger charge is 2.55. The van der Waals surface area contributed by atoms with Crippen molar-refractivity contribution in [2.45, 2.75) is 161 Å². The third kappa shape index (κ3) is 12.8. The highest BCUT2D eigenvalue weighted by atomic mass is 16.8. The molecule has 4 aromatic rings. The Morgan fingerprint density at radius 3 is 1.85 bits per heavy atom. The molecule has 87 heavy (non-hydrogen) atoms. The van der Waals surface area contributed by atoms with Crippen LogP contribution in [0.4, 0.5) is 0 Å². The first-order valence-electron chi connectivity index (χ1n) is 27.0. The van der Waals surface area contributed by atoms with Crippen molar-refractivity contribution in [3.8, 4) is 57.3 Å². The van der Waals surface area contributed by atoms with Gasteiger partial charge in [-0.15, -0.1) is 0 Å². The number of hydrogen-bond acceptors (Lipinski definition) is 33. The smallest absolute Gasteiger partial charge is 0.330 e. The zero-order chi connectivity index (χ0) is 62.6. The molecule has 3 aromatic carbocycles. The molecule has 1 aromatic heterocycles. The molecule has 5 fully saturated rings. The van der Waals surface area contributed by atoms with E-state index in [0.717, 1.165) is 30.3 Å². The van der Waals surface area contributed by atoms with Gasteiger partial charge in [0.05, 0.1) is 25.4 Å². The molecule has 24 atom stereocenters. The lowest BCUT2D eigenvalue weighted by molar-refractivity contribution is -0.388. The standard InChI is InChI=1S/C54H64O33/c1-16-32(61)38(67)43(72)51(78-16)82-29-14-75-50(42(71)36(29)65)84-46-22(58)8-19(9-23(46)59)45-47(37(66)31-21(57)10-20(56)11-26(31)80-45)85-53-48(40(69)33(62)17(2)79-53)87-54-49(86-52-44(73)39(68)34(63)27(12-55)81-52)41(70)35(64)28(83-54)13-74-30(60)6-4-18-3-5-24-25(7-18)77-15-76-24/h3-11,16-17,27-29,32-36,38-44,48-59,61-65,67-73H,12-15H2,1-2H3/t16?,17?,27?,28?,29-,32+,33+,34-,35-,36-,38+,39-,40+,41-,42?,43?,44?,48?,49?,50+,51+,52+,53+,54+/m1/s1. The van der Waals surface area contributed by atoms with E-state index >= 15 is 0 Å². The molecule has 10 rings (SSSR count). The number of phenols is 4. The predicted molar refractivity (Wildman–Crippen MR) is 278 cm³/mol. The number of esters is 1. The summed E-state index contributed by atoms with van der Waals surface area (Å²) in [6, 6.07) is 8.07. The predicted octanol–water partition coefficient (Wildman–Crippen LogP) is -5.20. The fraction of sp³-hybridized carbons (Fsp3) is 0.556. The fourth-order valence-corrected chi connectivity index (χ4v) is 10.4. The minimum atomic E-state index is -2.23. The summed E-state index contributed by atoms with van der Waals surface area (Å²) in [7, 11) is 0. The van der Waals surface area contributed by atoms with Crippen LogP contribution in [0.2, 0.25) is 0 Å². The van der Waals surface area contributed by atoms with Crippen LogP contribution < -0.4 is 24.4 Å². The third-order valence-corrected chi connectivity index (χ3v) is 15.3. The second-order valence-corrected chi connectivity index (χ2v) is 21.2. The Hall–Kier alpha value is -6.36. The maximum atomic E-state index is 14.7. The van der Waals surface area contributed by atoms with Gasteiger partial charge in [0.25, 0.3) is 0 Å². The lowest BCUT2D eigenvalue weighted by Crippen LogP contribution is -2.67. The molecule has 17 N–H and O–H groups in total. The zero-order valence-electron chi connectivity index (χ0n) is 45.5. The molecule has 0 aliphatic carbocycles. The molecule has 33 heteroatoms. The number of carbonyl (C=O) groups is 1. The number of aliphatic hydroxyl groups excluding tert-OH is 13. The quantitative estimate of drug-likeness (QED) is 0.0368. The normalized spacial score (nSPS) is 37.9. The van der Waals surface area contributed by atoms with E-state index in [1.807, 2.05) is 0 Å². The Morgan fingerprint density at radius 1 is 0.575 bits per heavy atom. The van der Waals surface area contributed by atoms with Gasteiger partial charge in [0.15, 0.2) is 53.7 Å². The summed E-state index contributed by atoms with van der Waals surface area (Å²) in [5.74, 6) is -6.15. The lowest BCUT2D eigenvalue weighted by Gasteiger charge is -2.48. The Kier molecular flexibility index (Phi) is 19.0. The molecule has 0 bridgehead atoms. The van der Waals surface area contributed by atoms with Gasteiger partial charge < -0.3 is 153 Å². The first kappa shape index (κ1) is 63.7. The number of aliphatic hydroxyl groups is 13. The van der Waals surface area contributed by atoms with Crippen LogP contribution in [0.3, 0.4) is 0 Å². The number of rotatable bonds is 16. The van der Waals surface area contributed by atoms with Gasteiger partial charge in [0.1, 0.15) is 127 Å². The number of benzene rings is 3. The Balaban J connectivity index is 0.940. The van der Waals surface area contributed by atoms with Crippen LogP contribution >= 0.6 is 0 Å². The zero-order valence-corrected chi connectivity index (χ0v) is 45.5. The summed E-state index contributed by atoms with van der Waals surface area (Å²) in [6.07, 6.45) is -42.5. The maximum Gasteiger partial charge on any atom is 0.330 e. The monoisotopic (exact) mass is 1240 g/mol. The summed E-state index contributed by atoms with van der Waals surface area (Å²) in [6.45, 7) is 0.223. The topological polar surface area (TPSA) is 511 Å². The second-order valence-electron chi connectivity index (χ2n) is 21.2. The molecule has 7 heterocycles. The van der Waals surface area contributed by atoms with Crippen LogP contribution in [0.15, 0.2) is 57.8 Å². The number of carbonyl (C=O) groups excluding carboxylic acids is 1. The van der Waals surface area contributed by atoms with Gasteiger partial charge in [-0.25, -0.2) is 4.79 Å². The van der Waals surface area contributed by atoms with Crippen molar-refractivity contribution in [2.75, 3.05) is 26.6 Å². The summed E-state index contributed by atoms with van der Waals surface area (Å²) >= 11 is 0. The highest BCUT2D eigenvalue weighted by Crippen LogP contribution is 2.46. The van der Waals surface area contributed by atoms with E-state index in [4.69, 9.17) is 66.0 Å². The number of aromatic hydroxyl groups is 4. The fourth-order valence-electron chi connectivity index (χ4n) is 10.4. The number of hydrogen-bond donors (Lipinski definition) is 17. The maximum absolute atomic E-state index is 14.7. The van der Waals surface area contributed by atoms with E-state index in [9.17, 15) is 96.4 Å². The van der Waals surface area contributed by atoms with E-state index in [1.165, 1.54) is 19.9 Å². The molecule has 0 radical (unpaired) electrons. The van der Waals surface area contributed by atoms with Gasteiger partial charge in [0, 0.05) is 23.8 Å². The van der Waals surface area contributed by atoms with Gasteiger partial charge in [-0.2, -0.15) is 0 Å². The molecule has 478 valence electrons. The van der Waals surface area contributed by atoms with Gasteiger partial charge in [-0.1, -0.05) is 6.07 Å². The summed E-state index contributed by atoms with van der Waals surface area (Å²) in [5.41, 5.74) is -1.80. The van der Waals surface area contributed by atoms with Crippen LogP contribution in [0.5, 0.6) is 46.0 Å². The highest BCUT2D eigenvalue weighted by molar-refractivity contribution is 5.89. The van der Waals surface area contributed by atoms with Crippen molar-refractivity contribution in [1.29, 1.82) is 0 Å². The lowest BCUT2D eigenvalue weighted by atomic mass is 9.96. The van der Waals surface area contributed by atoms with E-state index in [0.29, 0.717) is 17.1 Å². The molecule has 33 nitrogen and oxygen atoms in total. The van der Waals surface area contributed by atoms with E-state index in [1.54, 1.807) is 18.2 Å². The van der Waals surface area contributed by atoms with Crippen molar-refractivity contribution in [3.05, 3.63) is 64.3 Å². The average Bonchev–Trinajstić information content (AvgIpc) is 1.32. The second kappa shape index (κ2) is 26.0. The van der Waals surface area contributed by atoms with Crippen molar-refractivity contribution in [1.82, 2.24) is 0 Å². The van der Waals surface area contributed by atoms with Gasteiger partial charge in [-0.3, -0.25) is 4.79 Å². The summed E-state index contributed by atoms with van der Waals surface area (Å²) in [5, 5.41) is 185. The number of ether oxygens (including phenoxy) is 13. The van der Waals surface area contributed by atoms with Crippen LogP contribution in [-0.4, -0.2) is 267 Å². The largest absolute Gasteiger partial charge is 0.508 e. The summed E-state index contributed by atoms with van der Waals surface area (Å²) in [4.78, 5) is 27.7. The molecular formula is C54H64O33. The molecule has 6 aliphatic rings. The number of fused-ring (bicyclic) bond motifs is 2. The van der Waals surface area contributed by atoms with Crippen molar-refractivity contribution in [2.24, 2.45) is 0 Å².